The van der Waals surface area contributed by atoms with Crippen molar-refractivity contribution in [1.82, 2.24) is 5.32 Å². The van der Waals surface area contributed by atoms with Crippen molar-refractivity contribution in [3.05, 3.63) is 87.9 Å². The second-order valence-corrected chi connectivity index (χ2v) is 13.7. The van der Waals surface area contributed by atoms with Crippen molar-refractivity contribution >= 4 is 41.0 Å². The fourth-order valence-electron chi connectivity index (χ4n) is 4.86. The third-order valence-electron chi connectivity index (χ3n) is 7.61. The summed E-state index contributed by atoms with van der Waals surface area (Å²) in [6, 6.07) is 14.1. The van der Waals surface area contributed by atoms with Gasteiger partial charge in [0.15, 0.2) is 0 Å². The highest BCUT2D eigenvalue weighted by atomic mass is 35.5. The van der Waals surface area contributed by atoms with Gasteiger partial charge in [0.25, 0.3) is 0 Å². The van der Waals surface area contributed by atoms with Crippen LogP contribution >= 0.6 is 23.2 Å². The number of nitrogens with zero attached hydrogens (tertiary/aromatic N) is 1. The predicted molar refractivity (Wildman–Crippen MR) is 184 cm³/mol. The molecule has 2 aromatic rings. The summed E-state index contributed by atoms with van der Waals surface area (Å²) in [5, 5.41) is 12.0. The minimum absolute atomic E-state index is 0.0369. The van der Waals surface area contributed by atoms with Crippen LogP contribution in [0.2, 0.25) is 10.0 Å². The van der Waals surface area contributed by atoms with E-state index in [-0.39, 0.29) is 12.0 Å². The quantitative estimate of drug-likeness (QED) is 0.291. The third kappa shape index (κ3) is 13.7. The smallest absolute Gasteiger partial charge is 0.304 e. The van der Waals surface area contributed by atoms with Crippen LogP contribution in [0.15, 0.2) is 66.2 Å². The summed E-state index contributed by atoms with van der Waals surface area (Å²) < 4.78 is 0. The van der Waals surface area contributed by atoms with E-state index in [4.69, 9.17) is 33.3 Å². The molecule has 0 heterocycles. The van der Waals surface area contributed by atoms with E-state index in [2.05, 4.69) is 84.3 Å². The third-order valence-corrected chi connectivity index (χ3v) is 8.05. The van der Waals surface area contributed by atoms with E-state index in [1.165, 1.54) is 24.0 Å². The zero-order valence-corrected chi connectivity index (χ0v) is 28.5. The Labute approximate surface area is 265 Å². The van der Waals surface area contributed by atoms with Crippen LogP contribution in [0.4, 0.5) is 0 Å². The molecule has 1 fully saturated rings. The Morgan fingerprint density at radius 1 is 1.14 bits per heavy atom. The molecule has 0 saturated heterocycles. The van der Waals surface area contributed by atoms with Gasteiger partial charge in [0.2, 0.25) is 0 Å². The molecular weight excluding hydrogens is 563 g/mol. The van der Waals surface area contributed by atoms with Crippen molar-refractivity contribution in [2.24, 2.45) is 16.3 Å². The molecule has 0 aliphatic heterocycles. The van der Waals surface area contributed by atoms with E-state index >= 15 is 0 Å². The van der Waals surface area contributed by atoms with Gasteiger partial charge >= 0.3 is 5.97 Å². The van der Waals surface area contributed by atoms with E-state index in [1.54, 1.807) is 13.1 Å². The lowest BCUT2D eigenvalue weighted by molar-refractivity contribution is -0.136. The maximum atomic E-state index is 9.72. The molecule has 1 aliphatic carbocycles. The summed E-state index contributed by atoms with van der Waals surface area (Å²) in [5.74, 6) is 0.624. The van der Waals surface area contributed by atoms with Gasteiger partial charge in [-0.15, -0.1) is 0 Å². The van der Waals surface area contributed by atoms with Gasteiger partial charge < -0.3 is 10.4 Å². The van der Waals surface area contributed by atoms with Gasteiger partial charge in [0.1, 0.15) is 0 Å². The van der Waals surface area contributed by atoms with Crippen LogP contribution < -0.4 is 5.32 Å². The van der Waals surface area contributed by atoms with E-state index < -0.39 is 5.97 Å². The average molecular weight is 616 g/mol. The van der Waals surface area contributed by atoms with E-state index in [1.807, 2.05) is 25.1 Å². The number of aliphatic carboxylic acids is 1. The molecule has 0 unspecified atom stereocenters. The predicted octanol–water partition coefficient (Wildman–Crippen LogP) is 10.5. The standard InChI is InChI=1S/C21H29Cl2N.C11H14.C4H9NO2/c1-14(2)19(15-11-17(22)13-18(23)12-15)24-21(6)9-7-16(8-10-21)20(3,4)5;1-4-10-6-5-7-11(8-10)9(2)3;1-5-3-2-4(6)7/h11-13,16H,1,7-10H2,2-6H3;4-9H,1H2,2-3H3;5H,2-3H2,1H3,(H,6,7). The molecular formula is C36H52Cl2N2O2. The maximum Gasteiger partial charge on any atom is 0.304 e. The highest BCUT2D eigenvalue weighted by molar-refractivity contribution is 6.35. The van der Waals surface area contributed by atoms with Gasteiger partial charge in [-0.25, -0.2) is 0 Å². The first-order valence-electron chi connectivity index (χ1n) is 14.8. The van der Waals surface area contributed by atoms with E-state index in [0.717, 1.165) is 35.6 Å². The Hall–Kier alpha value is -2.40. The number of aliphatic imine (C=N–C) groups is 1. The zero-order valence-electron chi connectivity index (χ0n) is 27.0. The molecule has 0 spiro atoms. The highest BCUT2D eigenvalue weighted by Crippen LogP contribution is 2.43. The number of rotatable bonds is 8. The lowest BCUT2D eigenvalue weighted by Gasteiger charge is -2.40. The molecule has 232 valence electrons. The average Bonchev–Trinajstić information content (AvgIpc) is 2.90. The van der Waals surface area contributed by atoms with Gasteiger partial charge in [-0.3, -0.25) is 9.79 Å². The molecule has 0 radical (unpaired) electrons. The van der Waals surface area contributed by atoms with Gasteiger partial charge in [0.05, 0.1) is 17.7 Å². The van der Waals surface area contributed by atoms with Crippen molar-refractivity contribution in [1.29, 1.82) is 0 Å². The second kappa shape index (κ2) is 17.7. The van der Waals surface area contributed by atoms with Crippen LogP contribution in [-0.4, -0.2) is 35.9 Å². The summed E-state index contributed by atoms with van der Waals surface area (Å²) in [7, 11) is 1.73. The Morgan fingerprint density at radius 3 is 2.12 bits per heavy atom. The molecule has 1 saturated carbocycles. The number of carboxylic acid groups (broad SMARTS) is 1. The lowest BCUT2D eigenvalue weighted by Crippen LogP contribution is -2.34. The van der Waals surface area contributed by atoms with Crippen LogP contribution in [0.25, 0.3) is 6.08 Å². The Balaban J connectivity index is 0.000000402. The minimum atomic E-state index is -0.755. The van der Waals surface area contributed by atoms with Gasteiger partial charge in [-0.05, 0) is 98.7 Å². The molecule has 0 aromatic heterocycles. The number of carboxylic acids is 1. The second-order valence-electron chi connectivity index (χ2n) is 12.8. The summed E-state index contributed by atoms with van der Waals surface area (Å²) in [6.45, 7) is 24.1. The molecule has 2 aromatic carbocycles. The largest absolute Gasteiger partial charge is 0.481 e. The lowest BCUT2D eigenvalue weighted by atomic mass is 9.68. The van der Waals surface area contributed by atoms with Crippen molar-refractivity contribution < 1.29 is 9.90 Å². The van der Waals surface area contributed by atoms with Crippen LogP contribution in [-0.2, 0) is 4.79 Å². The first-order chi connectivity index (χ1) is 19.5. The number of hydrogen-bond acceptors (Lipinski definition) is 3. The zero-order chi connectivity index (χ0) is 32.1. The molecule has 1 aliphatic rings. The molecule has 4 nitrogen and oxygen atoms in total. The Bertz CT molecular complexity index is 1180. The molecule has 0 bridgehead atoms. The SMILES string of the molecule is C=C(C)C(=NC1(C)CCC(C(C)(C)C)CC1)c1cc(Cl)cc(Cl)c1.C=Cc1cccc(C(C)C)c1.CNCCC(=O)O. The number of carbonyl (C=O) groups is 1. The van der Waals surface area contributed by atoms with Gasteiger partial charge in [0, 0.05) is 22.2 Å². The fourth-order valence-corrected chi connectivity index (χ4v) is 5.39. The summed E-state index contributed by atoms with van der Waals surface area (Å²) >= 11 is 12.4. The van der Waals surface area contributed by atoms with E-state index in [0.29, 0.717) is 27.9 Å². The van der Waals surface area contributed by atoms with Gasteiger partial charge in [-0.2, -0.15) is 0 Å². The van der Waals surface area contributed by atoms with Crippen molar-refractivity contribution in [2.75, 3.05) is 13.6 Å². The van der Waals surface area contributed by atoms with Crippen LogP contribution in [0.3, 0.4) is 0 Å². The highest BCUT2D eigenvalue weighted by Gasteiger charge is 2.36. The first-order valence-corrected chi connectivity index (χ1v) is 15.6. The van der Waals surface area contributed by atoms with Crippen LogP contribution in [0, 0.1) is 11.3 Å². The van der Waals surface area contributed by atoms with Gasteiger partial charge in [-0.1, -0.05) is 101 Å². The summed E-state index contributed by atoms with van der Waals surface area (Å²) in [4.78, 5) is 14.9. The van der Waals surface area contributed by atoms with Crippen molar-refractivity contribution in [2.45, 2.75) is 92.0 Å². The Morgan fingerprint density at radius 2 is 1.71 bits per heavy atom. The molecule has 6 heteroatoms. The van der Waals surface area contributed by atoms with Crippen molar-refractivity contribution in [3.63, 3.8) is 0 Å². The topological polar surface area (TPSA) is 61.7 Å². The van der Waals surface area contributed by atoms with E-state index in [9.17, 15) is 4.79 Å². The summed E-state index contributed by atoms with van der Waals surface area (Å²) in [5.41, 5.74) is 5.76. The molecule has 0 amide bonds. The van der Waals surface area contributed by atoms with Crippen LogP contribution in [0.5, 0.6) is 0 Å². The first kappa shape index (κ1) is 37.6. The summed E-state index contributed by atoms with van der Waals surface area (Å²) in [6.07, 6.45) is 6.76. The maximum absolute atomic E-state index is 9.72. The fraction of sp³-hybridized carbons (Fsp3) is 0.500. The molecule has 3 rings (SSSR count). The van der Waals surface area contributed by atoms with Crippen LogP contribution in [0.1, 0.15) is 103 Å². The number of halogens is 2. The normalized spacial score (nSPS) is 18.7. The molecule has 42 heavy (non-hydrogen) atoms. The molecule has 0 atom stereocenters. The number of nitrogens with one attached hydrogen (secondary N) is 1. The number of hydrogen-bond donors (Lipinski definition) is 2. The number of allylic oxidation sites excluding steroid dienone is 1. The number of benzene rings is 2. The minimum Gasteiger partial charge on any atom is -0.481 e. The van der Waals surface area contributed by atoms with Crippen molar-refractivity contribution in [3.8, 4) is 0 Å². The Kier molecular flexibility index (Phi) is 15.8. The molecule has 2 N–H and O–H groups in total. The monoisotopic (exact) mass is 614 g/mol.